The van der Waals surface area contributed by atoms with Gasteiger partial charge in [-0.05, 0) is 24.5 Å². The first-order valence-electron chi connectivity index (χ1n) is 6.46. The molecule has 1 atom stereocenters. The average Bonchev–Trinajstić information content (AvgIpc) is 2.43. The number of carbonyl (C=O) groups excluding carboxylic acids is 2. The minimum atomic E-state index is -0.588. The van der Waals surface area contributed by atoms with E-state index in [2.05, 4.69) is 11.4 Å². The van der Waals surface area contributed by atoms with Crippen LogP contribution >= 0.6 is 0 Å². The molecule has 1 heterocycles. The lowest BCUT2D eigenvalue weighted by molar-refractivity contribution is -0.133. The molecule has 0 unspecified atom stereocenters. The highest BCUT2D eigenvalue weighted by molar-refractivity contribution is 5.87. The van der Waals surface area contributed by atoms with Crippen LogP contribution in [0.25, 0.3) is 0 Å². The molecule has 2 amide bonds. The Bertz CT molecular complexity index is 485. The van der Waals surface area contributed by atoms with Gasteiger partial charge in [-0.15, -0.1) is 0 Å². The third kappa shape index (κ3) is 3.32. The highest BCUT2D eigenvalue weighted by Gasteiger charge is 2.20. The molecule has 0 aliphatic carbocycles. The third-order valence-electron chi connectivity index (χ3n) is 3.31. The van der Waals surface area contributed by atoms with E-state index in [1.54, 1.807) is 11.8 Å². The highest BCUT2D eigenvalue weighted by Crippen LogP contribution is 2.18. The van der Waals surface area contributed by atoms with E-state index in [9.17, 15) is 9.59 Å². The number of hydrogen-bond acceptors (Lipinski definition) is 3. The topological polar surface area (TPSA) is 75.4 Å². The van der Waals surface area contributed by atoms with Crippen molar-refractivity contribution in [2.24, 2.45) is 5.73 Å². The van der Waals surface area contributed by atoms with Crippen LogP contribution in [0.2, 0.25) is 0 Å². The lowest BCUT2D eigenvalue weighted by Crippen LogP contribution is -2.46. The predicted octanol–water partition coefficient (Wildman–Crippen LogP) is 0.0347. The van der Waals surface area contributed by atoms with Crippen LogP contribution in [0, 0.1) is 0 Å². The lowest BCUT2D eigenvalue weighted by Gasteiger charge is -2.29. The van der Waals surface area contributed by atoms with Gasteiger partial charge in [-0.3, -0.25) is 9.59 Å². The van der Waals surface area contributed by atoms with Gasteiger partial charge in [0.2, 0.25) is 11.8 Å². The minimum absolute atomic E-state index is 0.0164. The second-order valence-corrected chi connectivity index (χ2v) is 4.84. The summed E-state index contributed by atoms with van der Waals surface area (Å²) in [4.78, 5) is 25.1. The van der Waals surface area contributed by atoms with Crippen molar-refractivity contribution in [3.63, 3.8) is 0 Å². The van der Waals surface area contributed by atoms with Gasteiger partial charge >= 0.3 is 0 Å². The highest BCUT2D eigenvalue weighted by atomic mass is 16.2. The Hall–Kier alpha value is -1.88. The molecular weight excluding hydrogens is 242 g/mol. The van der Waals surface area contributed by atoms with E-state index in [0.29, 0.717) is 13.1 Å². The molecule has 2 rings (SSSR count). The number of rotatable bonds is 3. The average molecular weight is 261 g/mol. The Morgan fingerprint density at radius 1 is 1.37 bits per heavy atom. The van der Waals surface area contributed by atoms with E-state index in [1.165, 1.54) is 11.1 Å². The van der Waals surface area contributed by atoms with Crippen LogP contribution in [0.15, 0.2) is 24.3 Å². The number of benzene rings is 1. The van der Waals surface area contributed by atoms with Crippen LogP contribution in [-0.2, 0) is 22.6 Å². The molecule has 19 heavy (non-hydrogen) atoms. The molecule has 1 aromatic carbocycles. The lowest BCUT2D eigenvalue weighted by atomic mass is 10.00. The number of nitrogens with two attached hydrogens (primary N) is 1. The Balaban J connectivity index is 1.90. The van der Waals surface area contributed by atoms with Crippen LogP contribution in [-0.4, -0.2) is 35.8 Å². The summed E-state index contributed by atoms with van der Waals surface area (Å²) in [6, 6.07) is 7.53. The number of hydrogen-bond donors (Lipinski definition) is 2. The molecule has 102 valence electrons. The fourth-order valence-electron chi connectivity index (χ4n) is 2.14. The number of carbonyl (C=O) groups is 2. The fourth-order valence-corrected chi connectivity index (χ4v) is 2.14. The molecule has 3 N–H and O–H groups in total. The quantitative estimate of drug-likeness (QED) is 0.806. The van der Waals surface area contributed by atoms with E-state index in [-0.39, 0.29) is 18.4 Å². The van der Waals surface area contributed by atoms with Crippen LogP contribution in [0.1, 0.15) is 18.1 Å². The van der Waals surface area contributed by atoms with E-state index in [4.69, 9.17) is 5.73 Å². The summed E-state index contributed by atoms with van der Waals surface area (Å²) >= 11 is 0. The first-order chi connectivity index (χ1) is 9.08. The maximum absolute atomic E-state index is 12.0. The monoisotopic (exact) mass is 261 g/mol. The number of nitrogens with one attached hydrogen (secondary N) is 1. The van der Waals surface area contributed by atoms with Gasteiger partial charge in [-0.1, -0.05) is 24.3 Å². The van der Waals surface area contributed by atoms with Gasteiger partial charge in [0.15, 0.2) is 0 Å². The summed E-state index contributed by atoms with van der Waals surface area (Å²) in [5.41, 5.74) is 7.91. The summed E-state index contributed by atoms with van der Waals surface area (Å²) in [6.45, 7) is 2.92. The Labute approximate surface area is 112 Å². The number of amides is 2. The first-order valence-corrected chi connectivity index (χ1v) is 6.46. The standard InChI is InChI=1S/C14H19N3O2/c1-10(15)14(19)16-8-13(18)17-7-6-11-4-2-3-5-12(11)9-17/h2-5,10H,6-9,15H2,1H3,(H,16,19)/t10-/m1/s1. The summed E-state index contributed by atoms with van der Waals surface area (Å²) in [5, 5.41) is 2.55. The molecule has 1 aliphatic rings. The van der Waals surface area contributed by atoms with Gasteiger partial charge in [0, 0.05) is 13.1 Å². The maximum Gasteiger partial charge on any atom is 0.242 e. The molecule has 5 nitrogen and oxygen atoms in total. The number of nitrogens with zero attached hydrogens (tertiary/aromatic N) is 1. The molecule has 0 radical (unpaired) electrons. The van der Waals surface area contributed by atoms with E-state index >= 15 is 0 Å². The molecule has 0 bridgehead atoms. The zero-order chi connectivity index (χ0) is 13.8. The van der Waals surface area contributed by atoms with Crippen molar-refractivity contribution in [2.75, 3.05) is 13.1 Å². The largest absolute Gasteiger partial charge is 0.346 e. The normalized spacial score (nSPS) is 15.6. The van der Waals surface area contributed by atoms with Gasteiger partial charge in [-0.25, -0.2) is 0 Å². The summed E-state index contributed by atoms with van der Waals surface area (Å²) < 4.78 is 0. The molecule has 0 saturated carbocycles. The molecule has 0 fully saturated rings. The van der Waals surface area contributed by atoms with E-state index in [1.807, 2.05) is 18.2 Å². The van der Waals surface area contributed by atoms with Crippen molar-refractivity contribution in [1.82, 2.24) is 10.2 Å². The van der Waals surface area contributed by atoms with Gasteiger partial charge in [0.05, 0.1) is 12.6 Å². The summed E-state index contributed by atoms with van der Waals surface area (Å²) in [5.74, 6) is -0.366. The van der Waals surface area contributed by atoms with Gasteiger partial charge in [0.25, 0.3) is 0 Å². The molecule has 1 aromatic rings. The molecule has 0 spiro atoms. The Kier molecular flexibility index (Phi) is 4.16. The maximum atomic E-state index is 12.0. The fraction of sp³-hybridized carbons (Fsp3) is 0.429. The van der Waals surface area contributed by atoms with Gasteiger partial charge in [-0.2, -0.15) is 0 Å². The smallest absolute Gasteiger partial charge is 0.242 e. The van der Waals surface area contributed by atoms with Crippen LogP contribution in [0.5, 0.6) is 0 Å². The SMILES string of the molecule is C[C@@H](N)C(=O)NCC(=O)N1CCc2ccccc2C1. The zero-order valence-electron chi connectivity index (χ0n) is 11.1. The van der Waals surface area contributed by atoms with E-state index in [0.717, 1.165) is 6.42 Å². The second-order valence-electron chi connectivity index (χ2n) is 4.84. The molecule has 0 saturated heterocycles. The van der Waals surface area contributed by atoms with Crippen LogP contribution in [0.4, 0.5) is 0 Å². The van der Waals surface area contributed by atoms with Crippen molar-refractivity contribution < 1.29 is 9.59 Å². The zero-order valence-corrected chi connectivity index (χ0v) is 11.1. The summed E-state index contributed by atoms with van der Waals surface area (Å²) in [7, 11) is 0. The molecule has 1 aliphatic heterocycles. The predicted molar refractivity (Wildman–Crippen MR) is 72.2 cm³/mol. The van der Waals surface area contributed by atoms with Gasteiger partial charge < -0.3 is 16.0 Å². The molecule has 5 heteroatoms. The van der Waals surface area contributed by atoms with E-state index < -0.39 is 6.04 Å². The van der Waals surface area contributed by atoms with Crippen LogP contribution in [0.3, 0.4) is 0 Å². The van der Waals surface area contributed by atoms with Crippen molar-refractivity contribution >= 4 is 11.8 Å². The Morgan fingerprint density at radius 3 is 2.74 bits per heavy atom. The van der Waals surface area contributed by atoms with Gasteiger partial charge in [0.1, 0.15) is 0 Å². The van der Waals surface area contributed by atoms with Crippen molar-refractivity contribution in [3.8, 4) is 0 Å². The third-order valence-corrected chi connectivity index (χ3v) is 3.31. The first kappa shape index (κ1) is 13.5. The second kappa shape index (κ2) is 5.84. The van der Waals surface area contributed by atoms with Crippen molar-refractivity contribution in [3.05, 3.63) is 35.4 Å². The van der Waals surface area contributed by atoms with Crippen molar-refractivity contribution in [1.29, 1.82) is 0 Å². The molecular formula is C14H19N3O2. The van der Waals surface area contributed by atoms with Crippen LogP contribution < -0.4 is 11.1 Å². The molecule has 0 aromatic heterocycles. The summed E-state index contributed by atoms with van der Waals surface area (Å²) in [6.07, 6.45) is 0.864. The Morgan fingerprint density at radius 2 is 2.05 bits per heavy atom. The number of fused-ring (bicyclic) bond motifs is 1. The van der Waals surface area contributed by atoms with Crippen molar-refractivity contribution in [2.45, 2.75) is 25.9 Å². The minimum Gasteiger partial charge on any atom is -0.346 e.